The quantitative estimate of drug-likeness (QED) is 0.754. The maximum absolute atomic E-state index is 14.0. The van der Waals surface area contributed by atoms with Gasteiger partial charge in [-0.3, -0.25) is 4.79 Å². The molecule has 3 N–H and O–H groups in total. The molecule has 0 radical (unpaired) electrons. The average molecular weight is 341 g/mol. The minimum atomic E-state index is -0.534. The topological polar surface area (TPSA) is 107 Å². The van der Waals surface area contributed by atoms with Gasteiger partial charge >= 0.3 is 0 Å². The first-order valence-electron chi connectivity index (χ1n) is 7.53. The number of nitrogens with one attached hydrogen (secondary N) is 1. The number of amides is 1. The molecule has 0 aliphatic rings. The van der Waals surface area contributed by atoms with Crippen molar-refractivity contribution in [2.75, 3.05) is 5.73 Å². The third kappa shape index (κ3) is 3.32. The molecule has 2 aromatic heterocycles. The van der Waals surface area contributed by atoms with Crippen LogP contribution in [0.2, 0.25) is 0 Å². The smallest absolute Gasteiger partial charge is 0.274 e. The van der Waals surface area contributed by atoms with Gasteiger partial charge in [0.05, 0.1) is 11.9 Å². The zero-order valence-electron chi connectivity index (χ0n) is 13.7. The van der Waals surface area contributed by atoms with E-state index in [-0.39, 0.29) is 29.8 Å². The number of halogens is 1. The van der Waals surface area contributed by atoms with Crippen molar-refractivity contribution in [1.29, 1.82) is 0 Å². The predicted octanol–water partition coefficient (Wildman–Crippen LogP) is 2.40. The van der Waals surface area contributed by atoms with Gasteiger partial charge in [-0.2, -0.15) is 0 Å². The van der Waals surface area contributed by atoms with Crippen LogP contribution in [0, 0.1) is 19.7 Å². The number of aromatic nitrogens is 3. The summed E-state index contributed by atoms with van der Waals surface area (Å²) in [5.74, 6) is -0.670. The first-order valence-corrected chi connectivity index (χ1v) is 7.53. The van der Waals surface area contributed by atoms with E-state index < -0.39 is 5.91 Å². The standard InChI is InChI=1S/C17H16FN5O2/c1-9-4-3-5-11(12(9)18)8-21-16(24)14-15(19)23-13(10(2)22-14)17-20-6-7-25-17/h3-7H,8H2,1-2H3,(H2,19,23)(H,21,24). The molecule has 3 aromatic rings. The number of hydrogen-bond donors (Lipinski definition) is 2. The summed E-state index contributed by atoms with van der Waals surface area (Å²) < 4.78 is 19.2. The van der Waals surface area contributed by atoms with Crippen molar-refractivity contribution >= 4 is 11.7 Å². The molecule has 128 valence electrons. The van der Waals surface area contributed by atoms with Crippen LogP contribution < -0.4 is 11.1 Å². The molecule has 0 fully saturated rings. The first-order chi connectivity index (χ1) is 12.0. The summed E-state index contributed by atoms with van der Waals surface area (Å²) in [6.07, 6.45) is 2.88. The van der Waals surface area contributed by atoms with Gasteiger partial charge in [-0.15, -0.1) is 0 Å². The van der Waals surface area contributed by atoms with E-state index >= 15 is 0 Å². The van der Waals surface area contributed by atoms with Crippen molar-refractivity contribution in [1.82, 2.24) is 20.3 Å². The molecule has 0 spiro atoms. The molecule has 0 unspecified atom stereocenters. The van der Waals surface area contributed by atoms with Gasteiger partial charge in [-0.1, -0.05) is 18.2 Å². The fraction of sp³-hybridized carbons (Fsp3) is 0.176. The molecule has 0 bridgehead atoms. The van der Waals surface area contributed by atoms with Gasteiger partial charge in [-0.25, -0.2) is 19.3 Å². The van der Waals surface area contributed by atoms with Crippen molar-refractivity contribution in [2.45, 2.75) is 20.4 Å². The lowest BCUT2D eigenvalue weighted by Gasteiger charge is -2.10. The second-order valence-electron chi connectivity index (χ2n) is 5.46. The Balaban J connectivity index is 1.81. The largest absolute Gasteiger partial charge is 0.443 e. The number of oxazole rings is 1. The summed E-state index contributed by atoms with van der Waals surface area (Å²) in [6, 6.07) is 4.99. The van der Waals surface area contributed by atoms with Crippen LogP contribution >= 0.6 is 0 Å². The fourth-order valence-electron chi connectivity index (χ4n) is 2.35. The molecule has 7 nitrogen and oxygen atoms in total. The van der Waals surface area contributed by atoms with Crippen LogP contribution in [0.3, 0.4) is 0 Å². The van der Waals surface area contributed by atoms with E-state index in [4.69, 9.17) is 10.2 Å². The zero-order chi connectivity index (χ0) is 18.0. The zero-order valence-corrected chi connectivity index (χ0v) is 13.7. The molecular formula is C17H16FN5O2. The molecule has 25 heavy (non-hydrogen) atoms. The second kappa shape index (κ2) is 6.68. The van der Waals surface area contributed by atoms with Gasteiger partial charge in [0.2, 0.25) is 5.89 Å². The van der Waals surface area contributed by atoms with Crippen molar-refractivity contribution in [2.24, 2.45) is 0 Å². The van der Waals surface area contributed by atoms with Gasteiger partial charge in [0.15, 0.2) is 11.5 Å². The van der Waals surface area contributed by atoms with E-state index in [1.54, 1.807) is 32.0 Å². The van der Waals surface area contributed by atoms with E-state index in [1.807, 2.05) is 0 Å². The molecule has 0 atom stereocenters. The molecule has 0 saturated carbocycles. The Morgan fingerprint density at radius 1 is 1.32 bits per heavy atom. The number of hydrogen-bond acceptors (Lipinski definition) is 6. The lowest BCUT2D eigenvalue weighted by Crippen LogP contribution is -2.26. The van der Waals surface area contributed by atoms with Crippen LogP contribution in [0.4, 0.5) is 10.2 Å². The van der Waals surface area contributed by atoms with Gasteiger partial charge in [0.25, 0.3) is 5.91 Å². The van der Waals surface area contributed by atoms with Crippen LogP contribution in [0.25, 0.3) is 11.6 Å². The Morgan fingerprint density at radius 2 is 2.12 bits per heavy atom. The molecular weight excluding hydrogens is 325 g/mol. The summed E-state index contributed by atoms with van der Waals surface area (Å²) in [5, 5.41) is 2.61. The number of carbonyl (C=O) groups excluding carboxylic acids is 1. The molecule has 0 aliphatic heterocycles. The number of benzene rings is 1. The molecule has 1 amide bonds. The third-order valence-corrected chi connectivity index (χ3v) is 3.66. The molecule has 3 rings (SSSR count). The summed E-state index contributed by atoms with van der Waals surface area (Å²) in [4.78, 5) is 24.7. The molecule has 0 saturated heterocycles. The van der Waals surface area contributed by atoms with Crippen molar-refractivity contribution in [3.05, 3.63) is 59.0 Å². The van der Waals surface area contributed by atoms with Gasteiger partial charge in [-0.05, 0) is 19.4 Å². The van der Waals surface area contributed by atoms with Crippen LogP contribution in [0.1, 0.15) is 27.3 Å². The Bertz CT molecular complexity index is 925. The Kier molecular flexibility index (Phi) is 4.42. The lowest BCUT2D eigenvalue weighted by molar-refractivity contribution is 0.0946. The normalized spacial score (nSPS) is 10.7. The molecule has 2 heterocycles. The van der Waals surface area contributed by atoms with Crippen LogP contribution in [-0.2, 0) is 6.54 Å². The van der Waals surface area contributed by atoms with Crippen LogP contribution in [0.5, 0.6) is 0 Å². The van der Waals surface area contributed by atoms with E-state index in [1.165, 1.54) is 12.5 Å². The fourth-order valence-corrected chi connectivity index (χ4v) is 2.35. The summed E-state index contributed by atoms with van der Waals surface area (Å²) in [7, 11) is 0. The van der Waals surface area contributed by atoms with Crippen LogP contribution in [-0.4, -0.2) is 20.9 Å². The number of aryl methyl sites for hydroxylation is 2. The van der Waals surface area contributed by atoms with Crippen molar-refractivity contribution in [3.8, 4) is 11.6 Å². The highest BCUT2D eigenvalue weighted by atomic mass is 19.1. The molecule has 1 aromatic carbocycles. The Hall–Kier alpha value is -3.29. The van der Waals surface area contributed by atoms with Gasteiger partial charge < -0.3 is 15.5 Å². The first kappa shape index (κ1) is 16.6. The van der Waals surface area contributed by atoms with Gasteiger partial charge in [0, 0.05) is 12.1 Å². The summed E-state index contributed by atoms with van der Waals surface area (Å²) >= 11 is 0. The summed E-state index contributed by atoms with van der Waals surface area (Å²) in [5.41, 5.74) is 7.52. The van der Waals surface area contributed by atoms with Crippen molar-refractivity contribution in [3.63, 3.8) is 0 Å². The Labute approximate surface area is 143 Å². The van der Waals surface area contributed by atoms with Crippen molar-refractivity contribution < 1.29 is 13.6 Å². The van der Waals surface area contributed by atoms with E-state index in [2.05, 4.69) is 20.3 Å². The number of nitrogens with zero attached hydrogens (tertiary/aromatic N) is 3. The molecule has 8 heteroatoms. The average Bonchev–Trinajstić information content (AvgIpc) is 3.12. The Morgan fingerprint density at radius 3 is 2.84 bits per heavy atom. The van der Waals surface area contributed by atoms with Crippen LogP contribution in [0.15, 0.2) is 35.1 Å². The maximum Gasteiger partial charge on any atom is 0.274 e. The number of carbonyl (C=O) groups is 1. The lowest BCUT2D eigenvalue weighted by atomic mass is 10.1. The summed E-state index contributed by atoms with van der Waals surface area (Å²) in [6.45, 7) is 3.35. The second-order valence-corrected chi connectivity index (χ2v) is 5.46. The predicted molar refractivity (Wildman–Crippen MR) is 89.0 cm³/mol. The number of nitrogen functional groups attached to an aromatic ring is 1. The number of rotatable bonds is 4. The maximum atomic E-state index is 14.0. The highest BCUT2D eigenvalue weighted by Gasteiger charge is 2.19. The van der Waals surface area contributed by atoms with Gasteiger partial charge in [0.1, 0.15) is 17.8 Å². The third-order valence-electron chi connectivity index (χ3n) is 3.66. The van der Waals surface area contributed by atoms with E-state index in [0.29, 0.717) is 22.5 Å². The van der Waals surface area contributed by atoms with E-state index in [0.717, 1.165) is 0 Å². The monoisotopic (exact) mass is 341 g/mol. The highest BCUT2D eigenvalue weighted by molar-refractivity contribution is 5.96. The number of nitrogens with two attached hydrogens (primary N) is 1. The minimum absolute atomic E-state index is 0.0218. The SMILES string of the molecule is Cc1cccc(CNC(=O)c2nc(C)c(-c3ncco3)nc2N)c1F. The van der Waals surface area contributed by atoms with E-state index in [9.17, 15) is 9.18 Å². The minimum Gasteiger partial charge on any atom is -0.443 e. The number of anilines is 1. The highest BCUT2D eigenvalue weighted by Crippen LogP contribution is 2.21. The molecule has 0 aliphatic carbocycles.